The normalized spacial score (nSPS) is 17.4. The van der Waals surface area contributed by atoms with Crippen LogP contribution in [0.15, 0.2) is 43.0 Å². The number of hydrogen-bond donors (Lipinski definition) is 2. The van der Waals surface area contributed by atoms with Gasteiger partial charge in [0.1, 0.15) is 11.7 Å². The number of nitrogens with zero attached hydrogens (tertiary/aromatic N) is 7. The number of imide groups is 1. The second-order valence-electron chi connectivity index (χ2n) is 8.70. The first kappa shape index (κ1) is 21.6. The Morgan fingerprint density at radius 3 is 2.86 bits per heavy atom. The lowest BCUT2D eigenvalue weighted by atomic mass is 10.0. The molecule has 0 bridgehead atoms. The number of amides is 4. The van der Waals surface area contributed by atoms with E-state index in [1.165, 1.54) is 22.0 Å². The molecule has 4 amide bonds. The maximum atomic E-state index is 12.9. The lowest BCUT2D eigenvalue weighted by Gasteiger charge is -2.29. The van der Waals surface area contributed by atoms with E-state index in [0.717, 1.165) is 11.1 Å². The van der Waals surface area contributed by atoms with Crippen LogP contribution >= 0.6 is 0 Å². The number of rotatable bonds is 4. The molecule has 0 spiro atoms. The van der Waals surface area contributed by atoms with Crippen molar-refractivity contribution in [2.45, 2.75) is 32.4 Å². The van der Waals surface area contributed by atoms with Gasteiger partial charge in [-0.1, -0.05) is 5.21 Å². The SMILES string of the molecule is Cc1cnc2c(NC(=O)c3cn(-c4ccc5c(c4)CN(C4CCC(=O)NC4=O)C5=O)nn3)cnn2c1. The Kier molecular flexibility index (Phi) is 4.84. The van der Waals surface area contributed by atoms with Crippen LogP contribution in [0.2, 0.25) is 0 Å². The highest BCUT2D eigenvalue weighted by Crippen LogP contribution is 2.29. The molecule has 1 aromatic carbocycles. The van der Waals surface area contributed by atoms with Crippen molar-refractivity contribution in [2.75, 3.05) is 5.32 Å². The van der Waals surface area contributed by atoms with E-state index < -0.39 is 17.9 Å². The largest absolute Gasteiger partial charge is 0.322 e. The first-order chi connectivity index (χ1) is 17.4. The third-order valence-corrected chi connectivity index (χ3v) is 6.23. The molecule has 0 radical (unpaired) electrons. The monoisotopic (exact) mass is 485 g/mol. The first-order valence-electron chi connectivity index (χ1n) is 11.2. The zero-order valence-electron chi connectivity index (χ0n) is 19.0. The van der Waals surface area contributed by atoms with Gasteiger partial charge in [0.05, 0.1) is 18.1 Å². The molecule has 13 nitrogen and oxygen atoms in total. The van der Waals surface area contributed by atoms with Gasteiger partial charge in [0.2, 0.25) is 11.8 Å². The van der Waals surface area contributed by atoms with E-state index in [9.17, 15) is 19.2 Å². The fourth-order valence-corrected chi connectivity index (χ4v) is 4.44. The fraction of sp³-hybridized carbons (Fsp3) is 0.217. The van der Waals surface area contributed by atoms with Gasteiger partial charge in [-0.3, -0.25) is 24.5 Å². The zero-order chi connectivity index (χ0) is 25.0. The van der Waals surface area contributed by atoms with E-state index >= 15 is 0 Å². The highest BCUT2D eigenvalue weighted by atomic mass is 16.2. The number of fused-ring (bicyclic) bond motifs is 2. The van der Waals surface area contributed by atoms with Crippen LogP contribution < -0.4 is 10.6 Å². The smallest absolute Gasteiger partial charge is 0.278 e. The van der Waals surface area contributed by atoms with E-state index in [1.54, 1.807) is 35.1 Å². The van der Waals surface area contributed by atoms with Crippen molar-refractivity contribution in [3.05, 3.63) is 65.4 Å². The molecular formula is C23H19N9O4. The van der Waals surface area contributed by atoms with Crippen molar-refractivity contribution >= 4 is 35.0 Å². The van der Waals surface area contributed by atoms with Crippen LogP contribution in [0.25, 0.3) is 11.3 Å². The Labute approximate surface area is 203 Å². The zero-order valence-corrected chi connectivity index (χ0v) is 19.0. The number of hydrogen-bond acceptors (Lipinski definition) is 8. The molecule has 13 heteroatoms. The summed E-state index contributed by atoms with van der Waals surface area (Å²) < 4.78 is 3.01. The molecule has 1 atom stereocenters. The van der Waals surface area contributed by atoms with E-state index in [-0.39, 0.29) is 30.5 Å². The third kappa shape index (κ3) is 3.57. The van der Waals surface area contributed by atoms with Crippen molar-refractivity contribution in [3.8, 4) is 5.69 Å². The van der Waals surface area contributed by atoms with Crippen LogP contribution in [0.1, 0.15) is 44.8 Å². The summed E-state index contributed by atoms with van der Waals surface area (Å²) in [6.45, 7) is 2.13. The van der Waals surface area contributed by atoms with Crippen molar-refractivity contribution in [1.29, 1.82) is 0 Å². The average molecular weight is 485 g/mol. The Bertz CT molecular complexity index is 1590. The van der Waals surface area contributed by atoms with E-state index in [0.29, 0.717) is 29.0 Å². The predicted octanol–water partition coefficient (Wildman–Crippen LogP) is 0.632. The van der Waals surface area contributed by atoms with Crippen LogP contribution in [-0.4, -0.2) is 64.2 Å². The first-order valence-corrected chi connectivity index (χ1v) is 11.2. The maximum absolute atomic E-state index is 12.9. The second-order valence-corrected chi connectivity index (χ2v) is 8.70. The summed E-state index contributed by atoms with van der Waals surface area (Å²) in [4.78, 5) is 55.1. The third-order valence-electron chi connectivity index (χ3n) is 6.23. The van der Waals surface area contributed by atoms with Gasteiger partial charge in [0.25, 0.3) is 11.8 Å². The van der Waals surface area contributed by atoms with Gasteiger partial charge in [-0.25, -0.2) is 14.2 Å². The number of nitrogens with one attached hydrogen (secondary N) is 2. The summed E-state index contributed by atoms with van der Waals surface area (Å²) in [7, 11) is 0. The van der Waals surface area contributed by atoms with Gasteiger partial charge in [0, 0.05) is 30.9 Å². The van der Waals surface area contributed by atoms with E-state index in [2.05, 4.69) is 31.0 Å². The van der Waals surface area contributed by atoms with Gasteiger partial charge in [-0.2, -0.15) is 5.10 Å². The molecule has 1 saturated heterocycles. The van der Waals surface area contributed by atoms with Crippen molar-refractivity contribution < 1.29 is 19.2 Å². The maximum Gasteiger partial charge on any atom is 0.278 e. The summed E-state index contributed by atoms with van der Waals surface area (Å²) in [5.74, 6) is -1.53. The Morgan fingerprint density at radius 1 is 1.17 bits per heavy atom. The minimum atomic E-state index is -0.689. The van der Waals surface area contributed by atoms with Crippen molar-refractivity contribution in [3.63, 3.8) is 0 Å². The highest BCUT2D eigenvalue weighted by molar-refractivity contribution is 6.06. The van der Waals surface area contributed by atoms with Gasteiger partial charge < -0.3 is 10.2 Å². The molecule has 1 fully saturated rings. The van der Waals surface area contributed by atoms with Crippen LogP contribution in [0.4, 0.5) is 5.69 Å². The highest BCUT2D eigenvalue weighted by Gasteiger charge is 2.39. The molecule has 36 heavy (non-hydrogen) atoms. The van der Waals surface area contributed by atoms with Gasteiger partial charge in [0.15, 0.2) is 11.3 Å². The molecule has 0 aliphatic carbocycles. The van der Waals surface area contributed by atoms with Gasteiger partial charge in [-0.05, 0) is 42.7 Å². The Morgan fingerprint density at radius 2 is 2.03 bits per heavy atom. The Hall–Kier alpha value is -4.94. The van der Waals surface area contributed by atoms with Crippen molar-refractivity contribution in [1.82, 2.24) is 39.8 Å². The quantitative estimate of drug-likeness (QED) is 0.399. The van der Waals surface area contributed by atoms with E-state index in [4.69, 9.17) is 0 Å². The molecule has 2 N–H and O–H groups in total. The summed E-state index contributed by atoms with van der Waals surface area (Å²) in [5.41, 5.74) is 3.77. The van der Waals surface area contributed by atoms with Crippen molar-refractivity contribution in [2.24, 2.45) is 0 Å². The number of aryl methyl sites for hydroxylation is 1. The number of anilines is 1. The van der Waals surface area contributed by atoms with Crippen LogP contribution in [0.3, 0.4) is 0 Å². The molecule has 180 valence electrons. The lowest BCUT2D eigenvalue weighted by Crippen LogP contribution is -2.52. The number of carbonyl (C=O) groups excluding carboxylic acids is 4. The van der Waals surface area contributed by atoms with Gasteiger partial charge >= 0.3 is 0 Å². The van der Waals surface area contributed by atoms with Crippen LogP contribution in [-0.2, 0) is 16.1 Å². The Balaban J connectivity index is 1.20. The van der Waals surface area contributed by atoms with E-state index in [1.807, 2.05) is 6.92 Å². The molecule has 1 unspecified atom stereocenters. The fourth-order valence-electron chi connectivity index (χ4n) is 4.44. The van der Waals surface area contributed by atoms with Gasteiger partial charge in [-0.15, -0.1) is 5.10 Å². The van der Waals surface area contributed by atoms with Crippen LogP contribution in [0.5, 0.6) is 0 Å². The molecule has 6 rings (SSSR count). The molecule has 5 heterocycles. The minimum absolute atomic E-state index is 0.0863. The molecule has 3 aromatic heterocycles. The summed E-state index contributed by atoms with van der Waals surface area (Å²) in [5, 5.41) is 17.3. The molecule has 2 aliphatic heterocycles. The molecule has 0 saturated carbocycles. The number of piperidine rings is 1. The number of carbonyl (C=O) groups is 4. The minimum Gasteiger partial charge on any atom is -0.322 e. The predicted molar refractivity (Wildman–Crippen MR) is 123 cm³/mol. The summed E-state index contributed by atoms with van der Waals surface area (Å²) >= 11 is 0. The number of benzene rings is 1. The second kappa shape index (κ2) is 8.08. The lowest BCUT2D eigenvalue weighted by molar-refractivity contribution is -0.136. The molecule has 4 aromatic rings. The standard InChI is InChI=1S/C23H19N9O4/c1-12-7-24-20-16(8-25-32(20)9-12)26-21(34)17-11-31(29-28-17)14-2-3-15-13(6-14)10-30(23(15)36)18-4-5-19(33)27-22(18)35/h2-3,6-9,11,18H,4-5,10H2,1H3,(H,26,34)(H,27,33,35). The average Bonchev–Trinajstić information content (AvgIpc) is 3.57. The summed E-state index contributed by atoms with van der Waals surface area (Å²) in [6, 6.07) is 4.43. The van der Waals surface area contributed by atoms with Crippen LogP contribution in [0, 0.1) is 6.92 Å². The number of aromatic nitrogens is 6. The topological polar surface area (TPSA) is 156 Å². The summed E-state index contributed by atoms with van der Waals surface area (Å²) in [6.07, 6.45) is 6.96. The molecule has 2 aliphatic rings. The molecular weight excluding hydrogens is 466 g/mol.